The molecule has 1 saturated heterocycles. The number of hydrogen-bond acceptors (Lipinski definition) is 4. The normalized spacial score (nSPS) is 15.1. The predicted octanol–water partition coefficient (Wildman–Crippen LogP) is 4.89. The molecule has 6 heteroatoms. The molecule has 2 aromatic carbocycles. The second-order valence-corrected chi connectivity index (χ2v) is 8.90. The molecule has 1 fully saturated rings. The van der Waals surface area contributed by atoms with Crippen LogP contribution in [0, 0.1) is 6.92 Å². The van der Waals surface area contributed by atoms with Gasteiger partial charge in [-0.3, -0.25) is 4.57 Å². The van der Waals surface area contributed by atoms with Crippen molar-refractivity contribution in [3.8, 4) is 5.69 Å². The Balaban J connectivity index is 1.28. The van der Waals surface area contributed by atoms with E-state index < -0.39 is 0 Å². The summed E-state index contributed by atoms with van der Waals surface area (Å²) in [5.74, 6) is 0. The fourth-order valence-corrected chi connectivity index (χ4v) is 4.70. The molecular formula is C26H32N6. The third kappa shape index (κ3) is 4.76. The summed E-state index contributed by atoms with van der Waals surface area (Å²) in [6, 6.07) is 15.5. The first-order valence-corrected chi connectivity index (χ1v) is 11.8. The van der Waals surface area contributed by atoms with Crippen LogP contribution in [0.5, 0.6) is 0 Å². The summed E-state index contributed by atoms with van der Waals surface area (Å²) in [4.78, 5) is 3.44. The van der Waals surface area contributed by atoms with Crippen LogP contribution in [0.1, 0.15) is 42.4 Å². The van der Waals surface area contributed by atoms with Crippen molar-refractivity contribution in [2.45, 2.75) is 45.6 Å². The lowest BCUT2D eigenvalue weighted by Crippen LogP contribution is -2.45. The molecule has 4 aromatic rings. The maximum Gasteiger partial charge on any atom is 0.123 e. The van der Waals surface area contributed by atoms with Crippen LogP contribution >= 0.6 is 0 Å². The monoisotopic (exact) mass is 428 g/mol. The number of aromatic nitrogens is 4. The van der Waals surface area contributed by atoms with Gasteiger partial charge in [-0.15, -0.1) is 10.2 Å². The van der Waals surface area contributed by atoms with Gasteiger partial charge in [-0.2, -0.15) is 0 Å². The van der Waals surface area contributed by atoms with Crippen molar-refractivity contribution in [2.24, 2.45) is 0 Å². The maximum absolute atomic E-state index is 3.94. The molecule has 0 spiro atoms. The smallest absolute Gasteiger partial charge is 0.123 e. The topological polar surface area (TPSA) is 53.0 Å². The van der Waals surface area contributed by atoms with E-state index in [0.29, 0.717) is 0 Å². The van der Waals surface area contributed by atoms with E-state index in [1.54, 1.807) is 12.7 Å². The lowest BCUT2D eigenvalue weighted by Gasteiger charge is -2.37. The van der Waals surface area contributed by atoms with Crippen LogP contribution in [-0.2, 0) is 13.0 Å². The maximum atomic E-state index is 3.94. The Morgan fingerprint density at radius 3 is 2.53 bits per heavy atom. The molecule has 0 saturated carbocycles. The Bertz CT molecular complexity index is 1120. The third-order valence-electron chi connectivity index (χ3n) is 6.55. The SMILES string of the molecule is Cc1ccc(CN(CCCc2c[nH]c3ccc(-n4cnnc4)cc23)N2CCCCC2)cc1. The van der Waals surface area contributed by atoms with Gasteiger partial charge in [-0.05, 0) is 61.9 Å². The summed E-state index contributed by atoms with van der Waals surface area (Å²) in [6.07, 6.45) is 11.8. The molecule has 32 heavy (non-hydrogen) atoms. The number of H-pyrrole nitrogens is 1. The fraction of sp³-hybridized carbons (Fsp3) is 0.385. The number of aryl methyl sites for hydroxylation is 2. The van der Waals surface area contributed by atoms with Crippen LogP contribution in [0.4, 0.5) is 0 Å². The van der Waals surface area contributed by atoms with E-state index in [0.717, 1.165) is 31.6 Å². The average Bonchev–Trinajstić information content (AvgIpc) is 3.50. The largest absolute Gasteiger partial charge is 0.361 e. The van der Waals surface area contributed by atoms with Crippen LogP contribution in [0.15, 0.2) is 61.3 Å². The minimum Gasteiger partial charge on any atom is -0.361 e. The van der Waals surface area contributed by atoms with Crippen LogP contribution in [-0.4, -0.2) is 49.4 Å². The van der Waals surface area contributed by atoms with Gasteiger partial charge in [0, 0.05) is 49.0 Å². The number of fused-ring (bicyclic) bond motifs is 1. The van der Waals surface area contributed by atoms with E-state index in [2.05, 4.69) is 80.8 Å². The van der Waals surface area contributed by atoms with Crippen molar-refractivity contribution < 1.29 is 0 Å². The van der Waals surface area contributed by atoms with Crippen molar-refractivity contribution in [2.75, 3.05) is 19.6 Å². The molecule has 0 atom stereocenters. The summed E-state index contributed by atoms with van der Waals surface area (Å²) in [5.41, 5.74) is 6.38. The minimum absolute atomic E-state index is 0.992. The van der Waals surface area contributed by atoms with Gasteiger partial charge >= 0.3 is 0 Å². The van der Waals surface area contributed by atoms with Gasteiger partial charge in [0.05, 0.1) is 0 Å². The molecule has 2 aromatic heterocycles. The molecule has 6 nitrogen and oxygen atoms in total. The van der Waals surface area contributed by atoms with Crippen LogP contribution < -0.4 is 0 Å². The number of benzene rings is 2. The summed E-state index contributed by atoms with van der Waals surface area (Å²) in [7, 11) is 0. The van der Waals surface area contributed by atoms with Crippen LogP contribution in [0.25, 0.3) is 16.6 Å². The van der Waals surface area contributed by atoms with Crippen molar-refractivity contribution in [3.63, 3.8) is 0 Å². The van der Waals surface area contributed by atoms with Gasteiger partial charge in [-0.25, -0.2) is 10.0 Å². The molecule has 3 heterocycles. The molecule has 1 aliphatic rings. The number of hydrogen-bond donors (Lipinski definition) is 1. The first kappa shape index (κ1) is 20.9. The average molecular weight is 429 g/mol. The van der Waals surface area contributed by atoms with Gasteiger partial charge < -0.3 is 4.98 Å². The Morgan fingerprint density at radius 2 is 1.75 bits per heavy atom. The van der Waals surface area contributed by atoms with Gasteiger partial charge in [0.1, 0.15) is 12.7 Å². The number of piperidine rings is 1. The molecule has 5 rings (SSSR count). The van der Waals surface area contributed by atoms with Crippen molar-refractivity contribution in [3.05, 3.63) is 78.0 Å². The molecule has 0 radical (unpaired) electrons. The highest BCUT2D eigenvalue weighted by molar-refractivity contribution is 5.85. The highest BCUT2D eigenvalue weighted by atomic mass is 15.6. The Kier molecular flexibility index (Phi) is 6.32. The zero-order chi connectivity index (χ0) is 21.8. The molecule has 0 aliphatic carbocycles. The Labute approximate surface area is 189 Å². The molecule has 0 unspecified atom stereocenters. The lowest BCUT2D eigenvalue weighted by molar-refractivity contribution is -0.0475. The second kappa shape index (κ2) is 9.67. The standard InChI is InChI=1S/C26H32N6/c1-21-7-9-22(10-8-21)18-32(31-13-3-2-4-14-31)15-5-6-23-17-27-26-12-11-24(16-25(23)26)30-19-28-29-20-30/h7-12,16-17,19-20,27H,2-6,13-15,18H2,1H3. The lowest BCUT2D eigenvalue weighted by atomic mass is 10.1. The molecule has 1 aliphatic heterocycles. The van der Waals surface area contributed by atoms with Gasteiger partial charge in [-0.1, -0.05) is 36.2 Å². The summed E-state index contributed by atoms with van der Waals surface area (Å²) >= 11 is 0. The quantitative estimate of drug-likeness (QED) is 0.434. The second-order valence-electron chi connectivity index (χ2n) is 8.90. The molecule has 166 valence electrons. The van der Waals surface area contributed by atoms with E-state index in [9.17, 15) is 0 Å². The molecule has 0 bridgehead atoms. The van der Waals surface area contributed by atoms with Crippen molar-refractivity contribution >= 4 is 10.9 Å². The van der Waals surface area contributed by atoms with Crippen molar-refractivity contribution in [1.82, 2.24) is 29.8 Å². The summed E-state index contributed by atoms with van der Waals surface area (Å²) in [6.45, 7) is 6.59. The highest BCUT2D eigenvalue weighted by Gasteiger charge is 2.18. The third-order valence-corrected chi connectivity index (χ3v) is 6.55. The van der Waals surface area contributed by atoms with Gasteiger partial charge in [0.25, 0.3) is 0 Å². The zero-order valence-corrected chi connectivity index (χ0v) is 18.9. The van der Waals surface area contributed by atoms with Gasteiger partial charge in [0.15, 0.2) is 0 Å². The first-order chi connectivity index (χ1) is 15.8. The molecule has 0 amide bonds. The zero-order valence-electron chi connectivity index (χ0n) is 18.9. The van der Waals surface area contributed by atoms with E-state index in [1.807, 2.05) is 4.57 Å². The van der Waals surface area contributed by atoms with E-state index in [4.69, 9.17) is 0 Å². The number of aromatic amines is 1. The van der Waals surface area contributed by atoms with Gasteiger partial charge in [0.2, 0.25) is 0 Å². The molecule has 1 N–H and O–H groups in total. The predicted molar refractivity (Wildman–Crippen MR) is 129 cm³/mol. The van der Waals surface area contributed by atoms with E-state index in [-0.39, 0.29) is 0 Å². The Hall–Kier alpha value is -2.96. The number of nitrogens with one attached hydrogen (secondary N) is 1. The number of hydrazine groups is 1. The summed E-state index contributed by atoms with van der Waals surface area (Å²) in [5, 5.41) is 14.3. The van der Waals surface area contributed by atoms with E-state index >= 15 is 0 Å². The van der Waals surface area contributed by atoms with Crippen molar-refractivity contribution in [1.29, 1.82) is 0 Å². The minimum atomic E-state index is 0.992. The summed E-state index contributed by atoms with van der Waals surface area (Å²) < 4.78 is 1.95. The highest BCUT2D eigenvalue weighted by Crippen LogP contribution is 2.23. The number of nitrogens with zero attached hydrogens (tertiary/aromatic N) is 5. The fourth-order valence-electron chi connectivity index (χ4n) is 4.70. The number of rotatable bonds is 8. The van der Waals surface area contributed by atoms with Crippen LogP contribution in [0.3, 0.4) is 0 Å². The first-order valence-electron chi connectivity index (χ1n) is 11.8. The van der Waals surface area contributed by atoms with Crippen LogP contribution in [0.2, 0.25) is 0 Å². The van der Waals surface area contributed by atoms with E-state index in [1.165, 1.54) is 59.9 Å². The Morgan fingerprint density at radius 1 is 0.969 bits per heavy atom. The molecular weight excluding hydrogens is 396 g/mol.